The predicted octanol–water partition coefficient (Wildman–Crippen LogP) is 3.40. The number of benzene rings is 2. The summed E-state index contributed by atoms with van der Waals surface area (Å²) in [5.74, 6) is 5.52. The van der Waals surface area contributed by atoms with Crippen molar-refractivity contribution in [3.05, 3.63) is 64.4 Å². The van der Waals surface area contributed by atoms with E-state index in [-0.39, 0.29) is 18.2 Å². The molecule has 0 atom stereocenters. The van der Waals surface area contributed by atoms with Gasteiger partial charge in [-0.2, -0.15) is 0 Å². The minimum Gasteiger partial charge on any atom is -0.489 e. The van der Waals surface area contributed by atoms with Gasteiger partial charge >= 0.3 is 0 Å². The van der Waals surface area contributed by atoms with Crippen LogP contribution in [0.1, 0.15) is 11.1 Å². The monoisotopic (exact) mass is 290 g/mol. The van der Waals surface area contributed by atoms with Gasteiger partial charge in [-0.05, 0) is 35.9 Å². The highest BCUT2D eigenvalue weighted by molar-refractivity contribution is 6.30. The summed E-state index contributed by atoms with van der Waals surface area (Å²) in [6.45, 7) is 0.0557. The van der Waals surface area contributed by atoms with Crippen LogP contribution in [-0.2, 0) is 6.61 Å². The first-order valence-corrected chi connectivity index (χ1v) is 6.33. The van der Waals surface area contributed by atoms with Crippen molar-refractivity contribution in [3.8, 4) is 17.6 Å². The molecule has 0 amide bonds. The number of hydrogen-bond donors (Lipinski definition) is 1. The highest BCUT2D eigenvalue weighted by atomic mass is 35.5. The zero-order valence-electron chi connectivity index (χ0n) is 10.6. The van der Waals surface area contributed by atoms with Crippen LogP contribution in [0.15, 0.2) is 42.5 Å². The van der Waals surface area contributed by atoms with Crippen molar-refractivity contribution in [3.63, 3.8) is 0 Å². The maximum atomic E-state index is 13.3. The molecule has 2 rings (SSSR count). The Morgan fingerprint density at radius 3 is 2.80 bits per heavy atom. The molecule has 2 aromatic rings. The SMILES string of the molecule is OCC#Cc1cccc(OCc2ccc(Cl)c(F)c2)c1. The third-order valence-corrected chi connectivity index (χ3v) is 2.84. The molecule has 0 heterocycles. The lowest BCUT2D eigenvalue weighted by atomic mass is 10.2. The third-order valence-electron chi connectivity index (χ3n) is 2.54. The maximum Gasteiger partial charge on any atom is 0.142 e. The fourth-order valence-electron chi connectivity index (χ4n) is 1.60. The molecule has 4 heteroatoms. The summed E-state index contributed by atoms with van der Waals surface area (Å²) in [5.41, 5.74) is 1.44. The second-order valence-corrected chi connectivity index (χ2v) is 4.43. The van der Waals surface area contributed by atoms with Crippen LogP contribution < -0.4 is 4.74 Å². The largest absolute Gasteiger partial charge is 0.489 e. The fourth-order valence-corrected chi connectivity index (χ4v) is 1.72. The number of ether oxygens (including phenoxy) is 1. The summed E-state index contributed by atoms with van der Waals surface area (Å²) in [6.07, 6.45) is 0. The first-order chi connectivity index (χ1) is 9.69. The van der Waals surface area contributed by atoms with Crippen molar-refractivity contribution in [2.24, 2.45) is 0 Å². The van der Waals surface area contributed by atoms with Crippen LogP contribution in [0.3, 0.4) is 0 Å². The van der Waals surface area contributed by atoms with E-state index in [2.05, 4.69) is 11.8 Å². The van der Waals surface area contributed by atoms with Crippen molar-refractivity contribution >= 4 is 11.6 Å². The van der Waals surface area contributed by atoms with E-state index in [1.54, 1.807) is 24.3 Å². The molecule has 2 nitrogen and oxygen atoms in total. The molecule has 0 aliphatic rings. The van der Waals surface area contributed by atoms with Crippen LogP contribution in [0.25, 0.3) is 0 Å². The molecule has 0 bridgehead atoms. The molecule has 102 valence electrons. The summed E-state index contributed by atoms with van der Waals surface area (Å²) in [6, 6.07) is 11.7. The smallest absolute Gasteiger partial charge is 0.142 e. The van der Waals surface area contributed by atoms with E-state index in [0.29, 0.717) is 11.3 Å². The Labute approximate surface area is 121 Å². The second kappa shape index (κ2) is 6.95. The minimum atomic E-state index is -0.463. The predicted molar refractivity (Wildman–Crippen MR) is 76.1 cm³/mol. The van der Waals surface area contributed by atoms with Crippen molar-refractivity contribution in [2.45, 2.75) is 6.61 Å². The zero-order chi connectivity index (χ0) is 14.4. The van der Waals surface area contributed by atoms with E-state index in [0.717, 1.165) is 5.56 Å². The molecular weight excluding hydrogens is 279 g/mol. The van der Waals surface area contributed by atoms with E-state index < -0.39 is 5.82 Å². The number of halogens is 2. The van der Waals surface area contributed by atoms with Gasteiger partial charge in [0.1, 0.15) is 24.8 Å². The molecule has 1 N–H and O–H groups in total. The molecule has 20 heavy (non-hydrogen) atoms. The van der Waals surface area contributed by atoms with Gasteiger partial charge in [-0.3, -0.25) is 0 Å². The van der Waals surface area contributed by atoms with Gasteiger partial charge in [0.2, 0.25) is 0 Å². The minimum absolute atomic E-state index is 0.0926. The summed E-state index contributed by atoms with van der Waals surface area (Å²) in [5, 5.41) is 8.74. The molecule has 0 fully saturated rings. The highest BCUT2D eigenvalue weighted by Gasteiger charge is 2.02. The molecule has 0 saturated heterocycles. The Hall–Kier alpha value is -2.02. The summed E-state index contributed by atoms with van der Waals surface area (Å²) < 4.78 is 18.8. The molecular formula is C16H12ClFO2. The molecule has 0 radical (unpaired) electrons. The number of aliphatic hydroxyl groups excluding tert-OH is 1. The number of aliphatic hydroxyl groups is 1. The Balaban J connectivity index is 2.05. The zero-order valence-corrected chi connectivity index (χ0v) is 11.3. The Bertz CT molecular complexity index is 659. The Morgan fingerprint density at radius 1 is 1.20 bits per heavy atom. The molecule has 0 aromatic heterocycles. The van der Waals surface area contributed by atoms with Crippen molar-refractivity contribution in [2.75, 3.05) is 6.61 Å². The van der Waals surface area contributed by atoms with Crippen LogP contribution in [0.5, 0.6) is 5.75 Å². The van der Waals surface area contributed by atoms with E-state index in [1.165, 1.54) is 12.1 Å². The normalized spacial score (nSPS) is 9.75. The lowest BCUT2D eigenvalue weighted by Crippen LogP contribution is -1.96. The van der Waals surface area contributed by atoms with Gasteiger partial charge in [-0.15, -0.1) is 0 Å². The van der Waals surface area contributed by atoms with Gasteiger partial charge in [-0.1, -0.05) is 35.6 Å². The second-order valence-electron chi connectivity index (χ2n) is 4.02. The van der Waals surface area contributed by atoms with E-state index in [9.17, 15) is 4.39 Å². The van der Waals surface area contributed by atoms with Crippen molar-refractivity contribution < 1.29 is 14.2 Å². The van der Waals surface area contributed by atoms with Crippen LogP contribution in [0.4, 0.5) is 4.39 Å². The lowest BCUT2D eigenvalue weighted by molar-refractivity contribution is 0.305. The summed E-state index contributed by atoms with van der Waals surface area (Å²) in [4.78, 5) is 0. The quantitative estimate of drug-likeness (QED) is 0.878. The Kier molecular flexibility index (Phi) is 5.00. The van der Waals surface area contributed by atoms with Gasteiger partial charge < -0.3 is 9.84 Å². The molecule has 0 aliphatic heterocycles. The van der Waals surface area contributed by atoms with Gasteiger partial charge in [0.25, 0.3) is 0 Å². The van der Waals surface area contributed by atoms with Gasteiger partial charge in [0, 0.05) is 5.56 Å². The standard InChI is InChI=1S/C16H12ClFO2/c17-15-7-6-13(10-16(15)18)11-20-14-5-1-3-12(9-14)4-2-8-19/h1,3,5-7,9-10,19H,8,11H2. The number of rotatable bonds is 3. The van der Waals surface area contributed by atoms with Gasteiger partial charge in [-0.25, -0.2) is 4.39 Å². The molecule has 0 spiro atoms. The third kappa shape index (κ3) is 3.99. The van der Waals surface area contributed by atoms with Crippen LogP contribution in [0, 0.1) is 17.7 Å². The van der Waals surface area contributed by atoms with Crippen LogP contribution in [-0.4, -0.2) is 11.7 Å². The van der Waals surface area contributed by atoms with E-state index in [1.807, 2.05) is 6.07 Å². The summed E-state index contributed by atoms with van der Waals surface area (Å²) in [7, 11) is 0. The fraction of sp³-hybridized carbons (Fsp3) is 0.125. The van der Waals surface area contributed by atoms with E-state index >= 15 is 0 Å². The molecule has 0 saturated carbocycles. The topological polar surface area (TPSA) is 29.5 Å². The van der Waals surface area contributed by atoms with Crippen molar-refractivity contribution in [1.29, 1.82) is 0 Å². The van der Waals surface area contributed by atoms with Crippen LogP contribution in [0.2, 0.25) is 5.02 Å². The van der Waals surface area contributed by atoms with Gasteiger partial charge in [0.05, 0.1) is 5.02 Å². The number of hydrogen-bond acceptors (Lipinski definition) is 2. The first kappa shape index (κ1) is 14.4. The maximum absolute atomic E-state index is 13.3. The highest BCUT2D eigenvalue weighted by Crippen LogP contribution is 2.18. The molecule has 2 aromatic carbocycles. The van der Waals surface area contributed by atoms with Crippen LogP contribution >= 0.6 is 11.6 Å². The lowest BCUT2D eigenvalue weighted by Gasteiger charge is -2.07. The van der Waals surface area contributed by atoms with Gasteiger partial charge in [0.15, 0.2) is 0 Å². The molecule has 0 aliphatic carbocycles. The first-order valence-electron chi connectivity index (χ1n) is 5.95. The van der Waals surface area contributed by atoms with Crippen molar-refractivity contribution in [1.82, 2.24) is 0 Å². The summed E-state index contributed by atoms with van der Waals surface area (Å²) >= 11 is 5.62. The molecule has 0 unspecified atom stereocenters. The Morgan fingerprint density at radius 2 is 2.05 bits per heavy atom. The average molecular weight is 291 g/mol. The average Bonchev–Trinajstić information content (AvgIpc) is 2.47. The van der Waals surface area contributed by atoms with E-state index in [4.69, 9.17) is 21.4 Å².